The van der Waals surface area contributed by atoms with Crippen LogP contribution in [0.1, 0.15) is 6.92 Å². The van der Waals surface area contributed by atoms with Gasteiger partial charge in [0.25, 0.3) is 0 Å². The molecule has 0 bridgehead atoms. The second-order valence-corrected chi connectivity index (χ2v) is 3.85. The minimum absolute atomic E-state index is 0. The number of ether oxygens (including phenoxy) is 3. The summed E-state index contributed by atoms with van der Waals surface area (Å²) in [6, 6.07) is 4.43. The minimum atomic E-state index is -0.706. The molecule has 0 saturated carbocycles. The highest BCUT2D eigenvalue weighted by Crippen LogP contribution is 2.30. The van der Waals surface area contributed by atoms with E-state index in [0.717, 1.165) is 0 Å². The van der Waals surface area contributed by atoms with Crippen LogP contribution in [0.5, 0.6) is 11.5 Å². The zero-order valence-electron chi connectivity index (χ0n) is 11.8. The lowest BCUT2D eigenvalue weighted by atomic mass is 10.2. The van der Waals surface area contributed by atoms with E-state index in [9.17, 15) is 4.79 Å². The van der Waals surface area contributed by atoms with E-state index in [-0.39, 0.29) is 24.9 Å². The van der Waals surface area contributed by atoms with Gasteiger partial charge >= 0.3 is 0 Å². The van der Waals surface area contributed by atoms with Crippen molar-refractivity contribution in [1.82, 2.24) is 0 Å². The SMILES string of the molecule is CCOc1cc(NC(=O)C(N)COC)ccc1OC.Cl. The van der Waals surface area contributed by atoms with E-state index in [0.29, 0.717) is 23.8 Å². The lowest BCUT2D eigenvalue weighted by molar-refractivity contribution is -0.118. The molecule has 0 fully saturated rings. The van der Waals surface area contributed by atoms with Crippen LogP contribution >= 0.6 is 12.4 Å². The highest BCUT2D eigenvalue weighted by molar-refractivity contribution is 5.95. The summed E-state index contributed by atoms with van der Waals surface area (Å²) < 4.78 is 15.4. The van der Waals surface area contributed by atoms with E-state index in [4.69, 9.17) is 19.9 Å². The van der Waals surface area contributed by atoms with E-state index in [2.05, 4.69) is 5.32 Å². The predicted octanol–water partition coefficient (Wildman–Crippen LogP) is 1.43. The Kier molecular flexibility index (Phi) is 8.71. The number of rotatable bonds is 7. The summed E-state index contributed by atoms with van der Waals surface area (Å²) in [5.74, 6) is 0.874. The molecule has 1 aromatic carbocycles. The van der Waals surface area contributed by atoms with Crippen molar-refractivity contribution in [3.8, 4) is 11.5 Å². The highest BCUT2D eigenvalue weighted by atomic mass is 35.5. The van der Waals surface area contributed by atoms with Gasteiger partial charge in [-0.05, 0) is 19.1 Å². The van der Waals surface area contributed by atoms with Crippen molar-refractivity contribution in [2.45, 2.75) is 13.0 Å². The van der Waals surface area contributed by atoms with Crippen molar-refractivity contribution >= 4 is 24.0 Å². The molecule has 0 aliphatic rings. The standard InChI is InChI=1S/C13H20N2O4.ClH/c1-4-19-12-7-9(5-6-11(12)18-3)15-13(16)10(14)8-17-2;/h5-7,10H,4,8,14H2,1-3H3,(H,15,16);1H. The van der Waals surface area contributed by atoms with Crippen LogP contribution in [-0.4, -0.2) is 39.4 Å². The van der Waals surface area contributed by atoms with Crippen LogP contribution in [0.15, 0.2) is 18.2 Å². The number of methoxy groups -OCH3 is 2. The summed E-state index contributed by atoms with van der Waals surface area (Å²) in [4.78, 5) is 11.7. The summed E-state index contributed by atoms with van der Waals surface area (Å²) in [5.41, 5.74) is 6.23. The van der Waals surface area contributed by atoms with E-state index in [1.807, 2.05) is 6.92 Å². The Hall–Kier alpha value is -1.50. The molecule has 3 N–H and O–H groups in total. The van der Waals surface area contributed by atoms with Crippen LogP contribution in [0.2, 0.25) is 0 Å². The molecule has 1 aromatic rings. The molecule has 1 rings (SSSR count). The number of hydrogen-bond donors (Lipinski definition) is 2. The van der Waals surface area contributed by atoms with Crippen LogP contribution in [0.25, 0.3) is 0 Å². The van der Waals surface area contributed by atoms with E-state index < -0.39 is 6.04 Å². The van der Waals surface area contributed by atoms with Gasteiger partial charge in [0.1, 0.15) is 6.04 Å². The van der Waals surface area contributed by atoms with Gasteiger partial charge in [0.05, 0.1) is 20.3 Å². The summed E-state index contributed by atoms with van der Waals surface area (Å²) in [6.45, 7) is 2.55. The maximum atomic E-state index is 11.7. The quantitative estimate of drug-likeness (QED) is 0.796. The normalized spacial score (nSPS) is 11.2. The van der Waals surface area contributed by atoms with Crippen molar-refractivity contribution in [2.24, 2.45) is 5.73 Å². The Morgan fingerprint density at radius 2 is 2.05 bits per heavy atom. The number of amides is 1. The number of benzene rings is 1. The third-order valence-electron chi connectivity index (χ3n) is 2.41. The fourth-order valence-corrected chi connectivity index (χ4v) is 1.51. The molecule has 0 radical (unpaired) electrons. The van der Waals surface area contributed by atoms with E-state index >= 15 is 0 Å². The first kappa shape index (κ1) is 18.5. The van der Waals surface area contributed by atoms with Gasteiger partial charge in [0.15, 0.2) is 11.5 Å². The number of nitrogens with two attached hydrogens (primary N) is 1. The maximum absolute atomic E-state index is 11.7. The first-order valence-corrected chi connectivity index (χ1v) is 5.98. The third-order valence-corrected chi connectivity index (χ3v) is 2.41. The van der Waals surface area contributed by atoms with Gasteiger partial charge in [0.2, 0.25) is 5.91 Å². The second-order valence-electron chi connectivity index (χ2n) is 3.85. The first-order chi connectivity index (χ1) is 9.12. The number of carbonyl (C=O) groups excluding carboxylic acids is 1. The number of hydrogen-bond acceptors (Lipinski definition) is 5. The van der Waals surface area contributed by atoms with Crippen LogP contribution in [-0.2, 0) is 9.53 Å². The van der Waals surface area contributed by atoms with Gasteiger partial charge in [-0.15, -0.1) is 12.4 Å². The van der Waals surface area contributed by atoms with Gasteiger partial charge in [-0.25, -0.2) is 0 Å². The Balaban J connectivity index is 0.00000361. The molecule has 1 unspecified atom stereocenters. The van der Waals surface area contributed by atoms with Gasteiger partial charge in [0, 0.05) is 18.9 Å². The van der Waals surface area contributed by atoms with Gasteiger partial charge in [-0.3, -0.25) is 4.79 Å². The van der Waals surface area contributed by atoms with Crippen molar-refractivity contribution in [3.05, 3.63) is 18.2 Å². The number of nitrogens with one attached hydrogen (secondary N) is 1. The Labute approximate surface area is 125 Å². The zero-order chi connectivity index (χ0) is 14.3. The van der Waals surface area contributed by atoms with Crippen LogP contribution in [0.3, 0.4) is 0 Å². The highest BCUT2D eigenvalue weighted by Gasteiger charge is 2.14. The molecule has 0 aliphatic heterocycles. The molecule has 0 saturated heterocycles. The summed E-state index contributed by atoms with van der Waals surface area (Å²) in [7, 11) is 3.05. The van der Waals surface area contributed by atoms with E-state index in [1.54, 1.807) is 25.3 Å². The second kappa shape index (κ2) is 9.41. The summed E-state index contributed by atoms with van der Waals surface area (Å²) in [5, 5.41) is 2.70. The summed E-state index contributed by atoms with van der Waals surface area (Å²) >= 11 is 0. The third kappa shape index (κ3) is 5.24. The minimum Gasteiger partial charge on any atom is -0.493 e. The van der Waals surface area contributed by atoms with Gasteiger partial charge in [-0.2, -0.15) is 0 Å². The molecule has 20 heavy (non-hydrogen) atoms. The Morgan fingerprint density at radius 3 is 2.60 bits per heavy atom. The van der Waals surface area contributed by atoms with Gasteiger partial charge < -0.3 is 25.3 Å². The topological polar surface area (TPSA) is 82.8 Å². The summed E-state index contributed by atoms with van der Waals surface area (Å²) in [6.07, 6.45) is 0. The molecule has 6 nitrogen and oxygen atoms in total. The fourth-order valence-electron chi connectivity index (χ4n) is 1.51. The molecular formula is C13H21ClN2O4. The molecule has 1 atom stereocenters. The fraction of sp³-hybridized carbons (Fsp3) is 0.462. The molecule has 0 heterocycles. The number of carbonyl (C=O) groups is 1. The average Bonchev–Trinajstić information content (AvgIpc) is 2.39. The molecule has 0 aliphatic carbocycles. The average molecular weight is 305 g/mol. The van der Waals surface area contributed by atoms with Crippen molar-refractivity contribution in [2.75, 3.05) is 32.8 Å². The van der Waals surface area contributed by atoms with Gasteiger partial charge in [-0.1, -0.05) is 0 Å². The van der Waals surface area contributed by atoms with Crippen LogP contribution in [0.4, 0.5) is 5.69 Å². The molecular weight excluding hydrogens is 284 g/mol. The molecule has 114 valence electrons. The Bertz CT molecular complexity index is 429. The largest absolute Gasteiger partial charge is 0.493 e. The zero-order valence-corrected chi connectivity index (χ0v) is 12.7. The van der Waals surface area contributed by atoms with Crippen molar-refractivity contribution < 1.29 is 19.0 Å². The number of anilines is 1. The van der Waals surface area contributed by atoms with Crippen LogP contribution < -0.4 is 20.5 Å². The van der Waals surface area contributed by atoms with Crippen LogP contribution in [0, 0.1) is 0 Å². The number of halogens is 1. The van der Waals surface area contributed by atoms with Crippen molar-refractivity contribution in [3.63, 3.8) is 0 Å². The lowest BCUT2D eigenvalue weighted by Crippen LogP contribution is -2.39. The predicted molar refractivity (Wildman–Crippen MR) is 79.9 cm³/mol. The molecule has 0 aromatic heterocycles. The Morgan fingerprint density at radius 1 is 1.35 bits per heavy atom. The molecule has 1 amide bonds. The first-order valence-electron chi connectivity index (χ1n) is 5.98. The molecule has 0 spiro atoms. The monoisotopic (exact) mass is 304 g/mol. The van der Waals surface area contributed by atoms with Crippen molar-refractivity contribution in [1.29, 1.82) is 0 Å². The smallest absolute Gasteiger partial charge is 0.243 e. The van der Waals surface area contributed by atoms with E-state index in [1.165, 1.54) is 7.11 Å². The maximum Gasteiger partial charge on any atom is 0.243 e. The lowest BCUT2D eigenvalue weighted by Gasteiger charge is -2.14. The molecule has 7 heteroatoms.